The van der Waals surface area contributed by atoms with E-state index in [1.165, 1.54) is 0 Å². The molecule has 0 saturated carbocycles. The minimum Gasteiger partial charge on any atom is -0.550 e. The van der Waals surface area contributed by atoms with Gasteiger partial charge in [-0.25, -0.2) is 0 Å². The standard InChI is InChI=1S/C23H37NO6/c1-24(2,3)19-20(18-22(27)28)30-23(29)17-15-13-11-9-7-5-4-6-8-10-12-14-16-21(25)26/h4,6-7,9-10,12,20H,5,8,11,13-19H2,1-3H3,(H-,25,26,27,28)/b6-4+,9-7+,12-10+. The Kier molecular flexibility index (Phi) is 15.1. The van der Waals surface area contributed by atoms with Crippen molar-refractivity contribution in [1.29, 1.82) is 0 Å². The molecule has 0 rings (SSSR count). The first kappa shape index (κ1) is 27.6. The second-order valence-corrected chi connectivity index (χ2v) is 8.22. The summed E-state index contributed by atoms with van der Waals surface area (Å²) in [5, 5.41) is 19.4. The number of carbonyl (C=O) groups excluding carboxylic acids is 2. The van der Waals surface area contributed by atoms with E-state index in [9.17, 15) is 19.5 Å². The summed E-state index contributed by atoms with van der Waals surface area (Å²) < 4.78 is 5.82. The number of hydrogen-bond donors (Lipinski definition) is 1. The van der Waals surface area contributed by atoms with Gasteiger partial charge in [-0.05, 0) is 38.5 Å². The maximum atomic E-state index is 12.0. The van der Waals surface area contributed by atoms with Gasteiger partial charge < -0.3 is 24.2 Å². The Labute approximate surface area is 180 Å². The monoisotopic (exact) mass is 423 g/mol. The normalized spacial score (nSPS) is 13.3. The number of aliphatic carboxylic acids is 2. The Hall–Kier alpha value is -2.41. The van der Waals surface area contributed by atoms with Crippen LogP contribution in [-0.4, -0.2) is 61.3 Å². The molecule has 0 spiro atoms. The summed E-state index contributed by atoms with van der Waals surface area (Å²) in [6.45, 7) is 0.425. The number of carbonyl (C=O) groups is 3. The first-order valence-corrected chi connectivity index (χ1v) is 10.5. The first-order valence-electron chi connectivity index (χ1n) is 10.5. The van der Waals surface area contributed by atoms with Gasteiger partial charge in [0.1, 0.15) is 6.54 Å². The number of carboxylic acids is 2. The number of unbranched alkanes of at least 4 members (excludes halogenated alkanes) is 2. The molecule has 0 bridgehead atoms. The van der Waals surface area contributed by atoms with E-state index in [0.717, 1.165) is 25.7 Å². The number of hydrogen-bond acceptors (Lipinski definition) is 5. The molecule has 170 valence electrons. The van der Waals surface area contributed by atoms with Crippen LogP contribution >= 0.6 is 0 Å². The van der Waals surface area contributed by atoms with Crippen LogP contribution in [0.25, 0.3) is 0 Å². The Morgan fingerprint density at radius 2 is 1.47 bits per heavy atom. The number of quaternary nitrogens is 1. The van der Waals surface area contributed by atoms with Crippen molar-refractivity contribution in [3.8, 4) is 0 Å². The van der Waals surface area contributed by atoms with Gasteiger partial charge in [-0.3, -0.25) is 9.59 Å². The summed E-state index contributed by atoms with van der Waals surface area (Å²) in [5.41, 5.74) is 0. The fourth-order valence-corrected chi connectivity index (χ4v) is 2.70. The van der Waals surface area contributed by atoms with Crippen LogP contribution < -0.4 is 5.11 Å². The van der Waals surface area contributed by atoms with Crippen molar-refractivity contribution >= 4 is 17.9 Å². The molecule has 0 aliphatic heterocycles. The molecule has 0 aromatic rings. The van der Waals surface area contributed by atoms with Crippen LogP contribution in [0.4, 0.5) is 0 Å². The third kappa shape index (κ3) is 20.3. The summed E-state index contributed by atoms with van der Waals surface area (Å²) in [5.74, 6) is -2.36. The molecule has 0 aromatic heterocycles. The zero-order chi connectivity index (χ0) is 22.8. The van der Waals surface area contributed by atoms with Gasteiger partial charge in [0.15, 0.2) is 6.10 Å². The predicted molar refractivity (Wildman–Crippen MR) is 114 cm³/mol. The van der Waals surface area contributed by atoms with Gasteiger partial charge in [0.2, 0.25) is 0 Å². The summed E-state index contributed by atoms with van der Waals surface area (Å²) in [4.78, 5) is 33.1. The van der Waals surface area contributed by atoms with Crippen LogP contribution in [0.3, 0.4) is 0 Å². The summed E-state index contributed by atoms with van der Waals surface area (Å²) in [6.07, 6.45) is 16.2. The van der Waals surface area contributed by atoms with Gasteiger partial charge in [-0.1, -0.05) is 36.5 Å². The third-order valence-electron chi connectivity index (χ3n) is 4.01. The van der Waals surface area contributed by atoms with Crippen LogP contribution in [0.2, 0.25) is 0 Å². The molecule has 1 atom stereocenters. The van der Waals surface area contributed by atoms with Crippen LogP contribution in [-0.2, 0) is 19.1 Å². The Morgan fingerprint density at radius 3 is 2.00 bits per heavy atom. The van der Waals surface area contributed by atoms with Crippen molar-refractivity contribution < 1.29 is 33.8 Å². The highest BCUT2D eigenvalue weighted by molar-refractivity contribution is 5.70. The fraction of sp³-hybridized carbons (Fsp3) is 0.609. The van der Waals surface area contributed by atoms with E-state index in [1.807, 2.05) is 39.4 Å². The number of esters is 1. The minimum absolute atomic E-state index is 0.164. The van der Waals surface area contributed by atoms with Crippen LogP contribution in [0.5, 0.6) is 0 Å². The minimum atomic E-state index is -1.21. The number of likely N-dealkylation sites (N-methyl/N-ethyl adjacent to an activating group) is 1. The molecule has 0 aliphatic rings. The topological polar surface area (TPSA) is 104 Å². The molecular formula is C23H37NO6. The lowest BCUT2D eigenvalue weighted by Crippen LogP contribution is -2.45. The molecule has 0 aliphatic carbocycles. The van der Waals surface area contributed by atoms with E-state index in [0.29, 0.717) is 23.9 Å². The third-order valence-corrected chi connectivity index (χ3v) is 4.01. The number of nitrogens with zero attached hydrogens (tertiary/aromatic N) is 1. The van der Waals surface area contributed by atoms with Crippen molar-refractivity contribution in [2.45, 2.75) is 63.9 Å². The molecule has 0 fully saturated rings. The smallest absolute Gasteiger partial charge is 0.306 e. The lowest BCUT2D eigenvalue weighted by molar-refractivity contribution is -0.873. The van der Waals surface area contributed by atoms with Crippen LogP contribution in [0, 0.1) is 0 Å². The Bertz CT molecular complexity index is 601. The molecule has 0 heterocycles. The number of allylic oxidation sites excluding steroid dienone is 6. The van der Waals surface area contributed by atoms with Gasteiger partial charge >= 0.3 is 11.9 Å². The highest BCUT2D eigenvalue weighted by atomic mass is 16.5. The van der Waals surface area contributed by atoms with Crippen LogP contribution in [0.1, 0.15) is 57.8 Å². The number of carboxylic acid groups (broad SMARTS) is 2. The summed E-state index contributed by atoms with van der Waals surface area (Å²) in [6, 6.07) is 0. The second-order valence-electron chi connectivity index (χ2n) is 8.22. The predicted octanol–water partition coefficient (Wildman–Crippen LogP) is 2.62. The highest BCUT2D eigenvalue weighted by Gasteiger charge is 2.22. The summed E-state index contributed by atoms with van der Waals surface area (Å²) >= 11 is 0. The number of rotatable bonds is 17. The Morgan fingerprint density at radius 1 is 0.900 bits per heavy atom. The van der Waals surface area contributed by atoms with Crippen molar-refractivity contribution in [2.75, 3.05) is 27.7 Å². The maximum absolute atomic E-state index is 12.0. The lowest BCUT2D eigenvalue weighted by Gasteiger charge is -2.29. The van der Waals surface area contributed by atoms with Gasteiger partial charge in [-0.15, -0.1) is 0 Å². The van der Waals surface area contributed by atoms with Gasteiger partial charge in [0.05, 0.1) is 21.1 Å². The second kappa shape index (κ2) is 16.4. The molecule has 30 heavy (non-hydrogen) atoms. The molecule has 0 saturated heterocycles. The lowest BCUT2D eigenvalue weighted by atomic mass is 10.1. The zero-order valence-electron chi connectivity index (χ0n) is 18.5. The Balaban J connectivity index is 3.87. The molecule has 0 aromatic carbocycles. The van der Waals surface area contributed by atoms with E-state index in [4.69, 9.17) is 9.84 Å². The quantitative estimate of drug-likeness (QED) is 0.167. The van der Waals surface area contributed by atoms with E-state index in [-0.39, 0.29) is 25.2 Å². The zero-order valence-corrected chi connectivity index (χ0v) is 18.5. The molecule has 7 heteroatoms. The average Bonchev–Trinajstić information content (AvgIpc) is 2.59. The number of ether oxygens (including phenoxy) is 1. The molecule has 1 unspecified atom stereocenters. The van der Waals surface area contributed by atoms with Gasteiger partial charge in [0.25, 0.3) is 0 Å². The molecular weight excluding hydrogens is 386 g/mol. The average molecular weight is 424 g/mol. The van der Waals surface area contributed by atoms with E-state index >= 15 is 0 Å². The van der Waals surface area contributed by atoms with Crippen LogP contribution in [0.15, 0.2) is 36.5 Å². The highest BCUT2D eigenvalue weighted by Crippen LogP contribution is 2.09. The first-order chi connectivity index (χ1) is 14.1. The van der Waals surface area contributed by atoms with Gasteiger partial charge in [-0.2, -0.15) is 0 Å². The van der Waals surface area contributed by atoms with Gasteiger partial charge in [0, 0.05) is 25.2 Å². The van der Waals surface area contributed by atoms with E-state index in [2.05, 4.69) is 18.2 Å². The van der Waals surface area contributed by atoms with Crippen molar-refractivity contribution in [3.05, 3.63) is 36.5 Å². The van der Waals surface area contributed by atoms with E-state index < -0.39 is 18.0 Å². The van der Waals surface area contributed by atoms with Crippen molar-refractivity contribution in [1.82, 2.24) is 0 Å². The van der Waals surface area contributed by atoms with Crippen molar-refractivity contribution in [3.63, 3.8) is 0 Å². The fourth-order valence-electron chi connectivity index (χ4n) is 2.70. The molecule has 0 amide bonds. The largest absolute Gasteiger partial charge is 0.550 e. The van der Waals surface area contributed by atoms with E-state index in [1.54, 1.807) is 0 Å². The molecule has 0 radical (unpaired) electrons. The summed E-state index contributed by atoms with van der Waals surface area (Å²) in [7, 11) is 5.74. The van der Waals surface area contributed by atoms with Crippen molar-refractivity contribution in [2.24, 2.45) is 0 Å². The SMILES string of the molecule is C[N+](C)(C)CC(CC(=O)[O-])OC(=O)CCCC/C=C/C/C=C/C/C=C/CCC(=O)O. The maximum Gasteiger partial charge on any atom is 0.306 e. The molecule has 7 nitrogen and oxygen atoms in total. The molecule has 1 N–H and O–H groups in total.